The Balaban J connectivity index is 1.51. The molecule has 4 rings (SSSR count). The van der Waals surface area contributed by atoms with Crippen molar-refractivity contribution in [2.75, 3.05) is 6.54 Å². The number of rotatable bonds is 4. The summed E-state index contributed by atoms with van der Waals surface area (Å²) in [6.07, 6.45) is 8.10. The third-order valence-corrected chi connectivity index (χ3v) is 5.51. The Kier molecular flexibility index (Phi) is 4.30. The zero-order valence-electron chi connectivity index (χ0n) is 13.5. The molecule has 1 atom stereocenters. The lowest BCUT2D eigenvalue weighted by Gasteiger charge is -2.36. The molecule has 2 aromatic heterocycles. The second-order valence-electron chi connectivity index (χ2n) is 6.24. The molecule has 1 aliphatic rings. The zero-order chi connectivity index (χ0) is 16.4. The Morgan fingerprint density at radius 1 is 1.33 bits per heavy atom. The van der Waals surface area contributed by atoms with Crippen LogP contribution in [0.2, 0.25) is 0 Å². The minimum Gasteiger partial charge on any atom is -0.336 e. The van der Waals surface area contributed by atoms with Crippen LogP contribution in [0.3, 0.4) is 0 Å². The predicted octanol–water partition coefficient (Wildman–Crippen LogP) is 3.58. The fourth-order valence-corrected chi connectivity index (χ4v) is 4.15. The van der Waals surface area contributed by atoms with Crippen molar-refractivity contribution in [2.24, 2.45) is 0 Å². The van der Waals surface area contributed by atoms with Crippen LogP contribution in [-0.4, -0.2) is 38.2 Å². The Hall–Kier alpha value is -2.21. The maximum atomic E-state index is 13.0. The monoisotopic (exact) mass is 340 g/mol. The second-order valence-corrected chi connectivity index (χ2v) is 7.13. The minimum atomic E-state index is 0.149. The van der Waals surface area contributed by atoms with E-state index in [4.69, 9.17) is 0 Å². The van der Waals surface area contributed by atoms with Gasteiger partial charge in [-0.15, -0.1) is 11.3 Å². The van der Waals surface area contributed by atoms with E-state index in [-0.39, 0.29) is 5.91 Å². The van der Waals surface area contributed by atoms with Crippen LogP contribution in [0.25, 0.3) is 10.2 Å². The molecular weight excluding hydrogens is 320 g/mol. The van der Waals surface area contributed by atoms with Gasteiger partial charge >= 0.3 is 0 Å². The summed E-state index contributed by atoms with van der Waals surface area (Å²) in [6, 6.07) is 8.07. The number of aryl methyl sites for hydroxylation is 1. The number of nitrogens with zero attached hydrogens (tertiary/aromatic N) is 4. The number of benzene rings is 1. The van der Waals surface area contributed by atoms with Gasteiger partial charge in [-0.25, -0.2) is 4.98 Å². The van der Waals surface area contributed by atoms with Crippen LogP contribution in [0, 0.1) is 0 Å². The topological polar surface area (TPSA) is 51.0 Å². The van der Waals surface area contributed by atoms with Crippen molar-refractivity contribution >= 4 is 27.5 Å². The van der Waals surface area contributed by atoms with Gasteiger partial charge in [0, 0.05) is 37.1 Å². The van der Waals surface area contributed by atoms with E-state index in [0.29, 0.717) is 6.04 Å². The van der Waals surface area contributed by atoms with E-state index in [1.807, 2.05) is 40.7 Å². The van der Waals surface area contributed by atoms with Gasteiger partial charge in [0.1, 0.15) is 0 Å². The first-order chi connectivity index (χ1) is 11.8. The molecule has 6 heteroatoms. The summed E-state index contributed by atoms with van der Waals surface area (Å²) >= 11 is 1.58. The van der Waals surface area contributed by atoms with E-state index in [1.54, 1.807) is 17.5 Å². The lowest BCUT2D eigenvalue weighted by atomic mass is 9.98. The highest BCUT2D eigenvalue weighted by molar-refractivity contribution is 7.16. The zero-order valence-corrected chi connectivity index (χ0v) is 14.3. The average Bonchev–Trinajstić information content (AvgIpc) is 3.30. The SMILES string of the molecule is O=C(c1ccc2ncsc2c1)N1CCCCC1CCn1cccn1. The molecule has 3 aromatic rings. The van der Waals surface area contributed by atoms with Gasteiger partial charge in [0.05, 0.1) is 15.7 Å². The number of hydrogen-bond donors (Lipinski definition) is 0. The van der Waals surface area contributed by atoms with Gasteiger partial charge in [0.25, 0.3) is 5.91 Å². The number of hydrogen-bond acceptors (Lipinski definition) is 4. The van der Waals surface area contributed by atoms with E-state index < -0.39 is 0 Å². The Morgan fingerprint density at radius 3 is 3.17 bits per heavy atom. The van der Waals surface area contributed by atoms with Crippen LogP contribution in [0.1, 0.15) is 36.0 Å². The molecule has 1 aliphatic heterocycles. The molecule has 0 spiro atoms. The molecule has 0 saturated carbocycles. The van der Waals surface area contributed by atoms with Crippen LogP contribution < -0.4 is 0 Å². The van der Waals surface area contributed by atoms with Gasteiger partial charge in [-0.2, -0.15) is 5.10 Å². The van der Waals surface area contributed by atoms with Crippen molar-refractivity contribution in [2.45, 2.75) is 38.3 Å². The molecule has 1 saturated heterocycles. The number of thiazole rings is 1. The first kappa shape index (κ1) is 15.3. The fourth-order valence-electron chi connectivity index (χ4n) is 3.44. The van der Waals surface area contributed by atoms with Crippen molar-refractivity contribution in [1.29, 1.82) is 0 Å². The van der Waals surface area contributed by atoms with Crippen LogP contribution >= 0.6 is 11.3 Å². The predicted molar refractivity (Wildman–Crippen MR) is 95.1 cm³/mol. The van der Waals surface area contributed by atoms with Crippen molar-refractivity contribution in [3.05, 3.63) is 47.7 Å². The molecule has 1 aromatic carbocycles. The van der Waals surface area contributed by atoms with Crippen LogP contribution in [0.15, 0.2) is 42.2 Å². The Labute approximate surface area is 144 Å². The number of piperidine rings is 1. The standard InChI is InChI=1S/C18H20N4OS/c23-18(14-5-6-16-17(12-14)24-13-19-16)22-10-2-1-4-15(22)7-11-21-9-3-8-20-21/h3,5-6,8-9,12-13,15H,1-2,4,7,10-11H2. The Bertz CT molecular complexity index is 827. The number of carbonyl (C=O) groups is 1. The fraction of sp³-hybridized carbons (Fsp3) is 0.389. The molecular formula is C18H20N4OS. The third kappa shape index (κ3) is 3.06. The molecule has 1 unspecified atom stereocenters. The second kappa shape index (κ2) is 6.73. The van der Waals surface area contributed by atoms with E-state index in [9.17, 15) is 4.79 Å². The lowest BCUT2D eigenvalue weighted by Crippen LogP contribution is -2.44. The van der Waals surface area contributed by atoms with Crippen LogP contribution in [0.5, 0.6) is 0 Å². The smallest absolute Gasteiger partial charge is 0.254 e. The van der Waals surface area contributed by atoms with Gasteiger partial charge in [-0.05, 0) is 49.9 Å². The molecule has 3 heterocycles. The van der Waals surface area contributed by atoms with Crippen molar-refractivity contribution in [3.63, 3.8) is 0 Å². The quantitative estimate of drug-likeness (QED) is 0.729. The third-order valence-electron chi connectivity index (χ3n) is 4.72. The van der Waals surface area contributed by atoms with Gasteiger partial charge in [-0.1, -0.05) is 0 Å². The van der Waals surface area contributed by atoms with Gasteiger partial charge in [0.2, 0.25) is 0 Å². The largest absolute Gasteiger partial charge is 0.336 e. The number of carbonyl (C=O) groups excluding carboxylic acids is 1. The summed E-state index contributed by atoms with van der Waals surface area (Å²) in [6.45, 7) is 1.71. The molecule has 1 fully saturated rings. The Morgan fingerprint density at radius 2 is 2.29 bits per heavy atom. The normalized spacial score (nSPS) is 18.2. The summed E-state index contributed by atoms with van der Waals surface area (Å²) < 4.78 is 3.02. The van der Waals surface area contributed by atoms with Gasteiger partial charge in [0.15, 0.2) is 0 Å². The first-order valence-electron chi connectivity index (χ1n) is 8.43. The van der Waals surface area contributed by atoms with Gasteiger partial charge < -0.3 is 4.90 Å². The molecule has 0 N–H and O–H groups in total. The highest BCUT2D eigenvalue weighted by Gasteiger charge is 2.27. The van der Waals surface area contributed by atoms with Crippen LogP contribution in [-0.2, 0) is 6.54 Å². The molecule has 0 aliphatic carbocycles. The van der Waals surface area contributed by atoms with E-state index in [1.165, 1.54) is 6.42 Å². The summed E-state index contributed by atoms with van der Waals surface area (Å²) in [5.74, 6) is 0.149. The van der Waals surface area contributed by atoms with E-state index in [2.05, 4.69) is 15.0 Å². The maximum absolute atomic E-state index is 13.0. The molecule has 24 heavy (non-hydrogen) atoms. The number of aromatic nitrogens is 3. The van der Waals surface area contributed by atoms with Gasteiger partial charge in [-0.3, -0.25) is 9.48 Å². The molecule has 0 bridgehead atoms. The highest BCUT2D eigenvalue weighted by atomic mass is 32.1. The van der Waals surface area contributed by atoms with E-state index >= 15 is 0 Å². The summed E-state index contributed by atoms with van der Waals surface area (Å²) in [5.41, 5.74) is 3.57. The molecule has 5 nitrogen and oxygen atoms in total. The minimum absolute atomic E-state index is 0.149. The summed E-state index contributed by atoms with van der Waals surface area (Å²) in [4.78, 5) is 19.4. The van der Waals surface area contributed by atoms with Crippen molar-refractivity contribution in [3.8, 4) is 0 Å². The molecule has 124 valence electrons. The lowest BCUT2D eigenvalue weighted by molar-refractivity contribution is 0.0594. The molecule has 0 radical (unpaired) electrons. The van der Waals surface area contributed by atoms with Crippen LogP contribution in [0.4, 0.5) is 0 Å². The highest BCUT2D eigenvalue weighted by Crippen LogP contribution is 2.25. The summed E-state index contributed by atoms with van der Waals surface area (Å²) in [7, 11) is 0. The summed E-state index contributed by atoms with van der Waals surface area (Å²) in [5, 5.41) is 4.26. The molecule has 1 amide bonds. The van der Waals surface area contributed by atoms with Crippen molar-refractivity contribution < 1.29 is 4.79 Å². The van der Waals surface area contributed by atoms with E-state index in [0.717, 1.165) is 48.1 Å². The average molecular weight is 340 g/mol. The maximum Gasteiger partial charge on any atom is 0.254 e. The first-order valence-corrected chi connectivity index (χ1v) is 9.31. The number of fused-ring (bicyclic) bond motifs is 1. The van der Waals surface area contributed by atoms with Crippen molar-refractivity contribution in [1.82, 2.24) is 19.7 Å². The number of likely N-dealkylation sites (tertiary alicyclic amines) is 1. The number of amides is 1.